The molecule has 2 heterocycles. The second-order valence-electron chi connectivity index (χ2n) is 6.09. The highest BCUT2D eigenvalue weighted by Crippen LogP contribution is 2.25. The number of methoxy groups -OCH3 is 1. The van der Waals surface area contributed by atoms with Crippen LogP contribution in [-0.2, 0) is 22.7 Å². The molecule has 0 unspecified atom stereocenters. The maximum atomic E-state index is 12.6. The highest BCUT2D eigenvalue weighted by Gasteiger charge is 2.33. The fourth-order valence-electron chi connectivity index (χ4n) is 3.05. The first-order valence-electron chi connectivity index (χ1n) is 8.27. The first-order valence-corrected chi connectivity index (χ1v) is 8.27. The number of benzene rings is 1. The third-order valence-corrected chi connectivity index (χ3v) is 4.35. The van der Waals surface area contributed by atoms with Crippen LogP contribution in [0.15, 0.2) is 30.3 Å². The summed E-state index contributed by atoms with van der Waals surface area (Å²) in [5, 5.41) is 7.25. The van der Waals surface area contributed by atoms with Gasteiger partial charge < -0.3 is 10.1 Å². The van der Waals surface area contributed by atoms with Crippen LogP contribution in [0.1, 0.15) is 24.6 Å². The molecule has 1 aliphatic rings. The van der Waals surface area contributed by atoms with Crippen molar-refractivity contribution in [1.82, 2.24) is 15.1 Å². The van der Waals surface area contributed by atoms with Crippen LogP contribution in [0.5, 0.6) is 5.75 Å². The minimum atomic E-state index is -0.614. The van der Waals surface area contributed by atoms with Crippen molar-refractivity contribution >= 4 is 17.6 Å². The highest BCUT2D eigenvalue weighted by molar-refractivity contribution is 6.00. The van der Waals surface area contributed by atoms with E-state index < -0.39 is 6.04 Å². The lowest BCUT2D eigenvalue weighted by Gasteiger charge is -2.31. The van der Waals surface area contributed by atoms with Gasteiger partial charge in [0, 0.05) is 24.6 Å². The van der Waals surface area contributed by atoms with Gasteiger partial charge >= 0.3 is 0 Å². The molecule has 1 aromatic heterocycles. The summed E-state index contributed by atoms with van der Waals surface area (Å²) < 4.78 is 7.07. The third-order valence-electron chi connectivity index (χ3n) is 4.35. The maximum Gasteiger partial charge on any atom is 0.243 e. The molecule has 0 spiro atoms. The summed E-state index contributed by atoms with van der Waals surface area (Å²) in [7, 11) is 1.60. The van der Waals surface area contributed by atoms with E-state index in [4.69, 9.17) is 4.74 Å². The number of aryl methyl sites for hydroxylation is 2. The number of nitrogens with zero attached hydrogens (tertiary/aromatic N) is 3. The molecule has 7 nitrogen and oxygen atoms in total. The number of amides is 2. The summed E-state index contributed by atoms with van der Waals surface area (Å²) in [5.74, 6) is 1.12. The Labute approximate surface area is 146 Å². The van der Waals surface area contributed by atoms with Crippen LogP contribution in [0.3, 0.4) is 0 Å². The van der Waals surface area contributed by atoms with Crippen LogP contribution in [0.2, 0.25) is 0 Å². The summed E-state index contributed by atoms with van der Waals surface area (Å²) in [4.78, 5) is 26.5. The summed E-state index contributed by atoms with van der Waals surface area (Å²) >= 11 is 0. The molecular formula is C18H22N4O3. The molecule has 0 saturated carbocycles. The van der Waals surface area contributed by atoms with Gasteiger partial charge in [-0.3, -0.25) is 14.5 Å². The molecule has 25 heavy (non-hydrogen) atoms. The zero-order chi connectivity index (χ0) is 18.0. The van der Waals surface area contributed by atoms with Gasteiger partial charge in [0.1, 0.15) is 17.6 Å². The number of aromatic nitrogens is 2. The van der Waals surface area contributed by atoms with Crippen LogP contribution in [0.25, 0.3) is 0 Å². The number of ether oxygens (including phenoxy) is 1. The molecule has 132 valence electrons. The number of hydrogen-bond acceptors (Lipinski definition) is 4. The first-order chi connectivity index (χ1) is 12.0. The number of anilines is 1. The Kier molecular flexibility index (Phi) is 4.74. The van der Waals surface area contributed by atoms with E-state index >= 15 is 0 Å². The molecule has 1 aliphatic heterocycles. The van der Waals surface area contributed by atoms with Crippen molar-refractivity contribution in [3.8, 4) is 5.75 Å². The third kappa shape index (κ3) is 3.35. The van der Waals surface area contributed by atoms with Crippen LogP contribution < -0.4 is 15.0 Å². The minimum Gasteiger partial charge on any atom is -0.496 e. The number of rotatable bonds is 5. The average Bonchev–Trinajstić information content (AvgIpc) is 2.99. The number of para-hydroxylation sites is 1. The number of carbonyl (C=O) groups excluding carboxylic acids is 2. The lowest BCUT2D eigenvalue weighted by Crippen LogP contribution is -2.50. The van der Waals surface area contributed by atoms with Gasteiger partial charge in [-0.2, -0.15) is 5.10 Å². The molecule has 3 rings (SSSR count). The largest absolute Gasteiger partial charge is 0.496 e. The van der Waals surface area contributed by atoms with Gasteiger partial charge in [-0.15, -0.1) is 0 Å². The highest BCUT2D eigenvalue weighted by atomic mass is 16.5. The lowest BCUT2D eigenvalue weighted by molar-refractivity contribution is -0.126. The zero-order valence-corrected chi connectivity index (χ0v) is 14.7. The van der Waals surface area contributed by atoms with Crippen LogP contribution in [0, 0.1) is 6.92 Å². The molecule has 1 N–H and O–H groups in total. The molecule has 0 radical (unpaired) electrons. The van der Waals surface area contributed by atoms with Crippen LogP contribution in [0.4, 0.5) is 5.82 Å². The van der Waals surface area contributed by atoms with Gasteiger partial charge in [0.05, 0.1) is 19.3 Å². The molecule has 1 atom stereocenters. The fraction of sp³-hybridized carbons (Fsp3) is 0.389. The molecule has 2 amide bonds. The predicted octanol–water partition coefficient (Wildman–Crippen LogP) is 1.64. The Hall–Kier alpha value is -2.83. The Balaban J connectivity index is 1.73. The van der Waals surface area contributed by atoms with E-state index in [0.717, 1.165) is 17.0 Å². The predicted molar refractivity (Wildman–Crippen MR) is 93.4 cm³/mol. The number of carbonyl (C=O) groups is 2. The van der Waals surface area contributed by atoms with Crippen molar-refractivity contribution in [3.63, 3.8) is 0 Å². The van der Waals surface area contributed by atoms with Crippen molar-refractivity contribution in [1.29, 1.82) is 0 Å². The van der Waals surface area contributed by atoms with Gasteiger partial charge in [0.25, 0.3) is 0 Å². The van der Waals surface area contributed by atoms with Gasteiger partial charge in [0.15, 0.2) is 0 Å². The summed E-state index contributed by atoms with van der Waals surface area (Å²) in [6.45, 7) is 4.50. The fourth-order valence-corrected chi connectivity index (χ4v) is 3.05. The Morgan fingerprint density at radius 3 is 2.92 bits per heavy atom. The number of nitrogens with one attached hydrogen (secondary N) is 1. The number of fused-ring (bicyclic) bond motifs is 1. The van der Waals surface area contributed by atoms with Gasteiger partial charge in [-0.05, 0) is 19.9 Å². The summed E-state index contributed by atoms with van der Waals surface area (Å²) in [6.07, 6.45) is 0.345. The Bertz CT molecular complexity index is 799. The summed E-state index contributed by atoms with van der Waals surface area (Å²) in [6, 6.07) is 8.73. The summed E-state index contributed by atoms with van der Waals surface area (Å²) in [5.41, 5.74) is 1.72. The zero-order valence-electron chi connectivity index (χ0n) is 14.7. The van der Waals surface area contributed by atoms with Gasteiger partial charge in [-0.1, -0.05) is 18.2 Å². The van der Waals surface area contributed by atoms with Gasteiger partial charge in [-0.25, -0.2) is 4.68 Å². The van der Waals surface area contributed by atoms with Crippen molar-refractivity contribution in [2.75, 3.05) is 12.0 Å². The van der Waals surface area contributed by atoms with Crippen LogP contribution >= 0.6 is 0 Å². The topological polar surface area (TPSA) is 76.5 Å². The maximum absolute atomic E-state index is 12.6. The van der Waals surface area contributed by atoms with Crippen LogP contribution in [-0.4, -0.2) is 34.7 Å². The van der Waals surface area contributed by atoms with Crippen molar-refractivity contribution in [2.45, 2.75) is 39.4 Å². The van der Waals surface area contributed by atoms with E-state index in [9.17, 15) is 9.59 Å². The second-order valence-corrected chi connectivity index (χ2v) is 6.09. The lowest BCUT2D eigenvalue weighted by atomic mass is 10.1. The molecule has 2 aromatic rings. The second kappa shape index (κ2) is 6.96. The molecule has 7 heteroatoms. The van der Waals surface area contributed by atoms with Crippen molar-refractivity contribution in [2.24, 2.45) is 0 Å². The smallest absolute Gasteiger partial charge is 0.243 e. The van der Waals surface area contributed by atoms with Gasteiger partial charge in [0.2, 0.25) is 11.8 Å². The van der Waals surface area contributed by atoms with E-state index in [1.165, 1.54) is 4.90 Å². The molecular weight excluding hydrogens is 320 g/mol. The molecule has 0 aliphatic carbocycles. The first kappa shape index (κ1) is 17.0. The SMILES string of the molecule is COc1ccccc1CNC(=O)[C@@H](C)N1C(=O)CCn2nc(C)cc21. The van der Waals surface area contributed by atoms with E-state index in [2.05, 4.69) is 10.4 Å². The van der Waals surface area contributed by atoms with Crippen molar-refractivity contribution < 1.29 is 14.3 Å². The quantitative estimate of drug-likeness (QED) is 0.896. The molecule has 0 saturated heterocycles. The van der Waals surface area contributed by atoms with Crippen molar-refractivity contribution in [3.05, 3.63) is 41.6 Å². The van der Waals surface area contributed by atoms with E-state index in [1.807, 2.05) is 37.3 Å². The molecule has 0 bridgehead atoms. The van der Waals surface area contributed by atoms with E-state index in [1.54, 1.807) is 18.7 Å². The Morgan fingerprint density at radius 1 is 1.40 bits per heavy atom. The Morgan fingerprint density at radius 2 is 2.16 bits per heavy atom. The molecule has 0 fully saturated rings. The molecule has 1 aromatic carbocycles. The number of hydrogen-bond donors (Lipinski definition) is 1. The van der Waals surface area contributed by atoms with E-state index in [-0.39, 0.29) is 11.8 Å². The average molecular weight is 342 g/mol. The van der Waals surface area contributed by atoms with E-state index in [0.29, 0.717) is 25.3 Å². The standard InChI is InChI=1S/C18H22N4O3/c1-12-10-16-21(20-12)9-8-17(23)22(16)13(2)18(24)19-11-14-6-4-5-7-15(14)25-3/h4-7,10,13H,8-9,11H2,1-3H3,(H,19,24)/t13-/m1/s1. The minimum absolute atomic E-state index is 0.0626. The normalized spacial score (nSPS) is 14.8. The monoisotopic (exact) mass is 342 g/mol.